The first-order chi connectivity index (χ1) is 9.15. The number of nitrogens with two attached hydrogens (primary N) is 1. The summed E-state index contributed by atoms with van der Waals surface area (Å²) in [5.41, 5.74) is 7.72. The quantitative estimate of drug-likeness (QED) is 0.724. The maximum Gasteiger partial charge on any atom is 0.221 e. The zero-order chi connectivity index (χ0) is 13.4. The molecule has 3 aromatic rings. The third-order valence-electron chi connectivity index (χ3n) is 2.94. The van der Waals surface area contributed by atoms with Crippen LogP contribution in [0.15, 0.2) is 42.5 Å². The standard InChI is InChI=1S/C15H12N2OS/c1-9-6-7-14(19-9)15(18)13-8-11(16)10-4-2-3-5-12(10)17-13/h2-8H,1H3,(H2,16,17). The van der Waals surface area contributed by atoms with Crippen LogP contribution >= 0.6 is 11.3 Å². The number of carbonyl (C=O) groups excluding carboxylic acids is 1. The molecule has 1 aromatic carbocycles. The number of ketones is 1. The summed E-state index contributed by atoms with van der Waals surface area (Å²) in [5, 5.41) is 0.876. The normalized spacial score (nSPS) is 10.8. The maximum atomic E-state index is 12.3. The Labute approximate surface area is 114 Å². The van der Waals surface area contributed by atoms with Gasteiger partial charge >= 0.3 is 0 Å². The van der Waals surface area contributed by atoms with Crippen molar-refractivity contribution < 1.29 is 4.79 Å². The molecule has 0 fully saturated rings. The number of thiophene rings is 1. The lowest BCUT2D eigenvalue weighted by molar-refractivity contribution is 0.103. The highest BCUT2D eigenvalue weighted by molar-refractivity contribution is 7.14. The molecule has 3 nitrogen and oxygen atoms in total. The Morgan fingerprint density at radius 2 is 2.00 bits per heavy atom. The molecule has 2 aromatic heterocycles. The second kappa shape index (κ2) is 4.48. The lowest BCUT2D eigenvalue weighted by atomic mass is 10.1. The van der Waals surface area contributed by atoms with E-state index < -0.39 is 0 Å². The minimum absolute atomic E-state index is 0.0736. The molecule has 0 aliphatic carbocycles. The molecular weight excluding hydrogens is 256 g/mol. The van der Waals surface area contributed by atoms with Gasteiger partial charge in [0.1, 0.15) is 5.69 Å². The van der Waals surface area contributed by atoms with Crippen LogP contribution in [0.5, 0.6) is 0 Å². The molecule has 4 heteroatoms. The lowest BCUT2D eigenvalue weighted by Gasteiger charge is -2.04. The molecule has 3 rings (SSSR count). The lowest BCUT2D eigenvalue weighted by Crippen LogP contribution is -2.04. The third kappa shape index (κ3) is 2.11. The van der Waals surface area contributed by atoms with Crippen LogP contribution in [0.1, 0.15) is 20.2 Å². The van der Waals surface area contributed by atoms with Crippen LogP contribution in [0.3, 0.4) is 0 Å². The summed E-state index contributed by atoms with van der Waals surface area (Å²) in [6.07, 6.45) is 0. The minimum Gasteiger partial charge on any atom is -0.398 e. The Morgan fingerprint density at radius 3 is 2.74 bits per heavy atom. The van der Waals surface area contributed by atoms with E-state index in [0.717, 1.165) is 15.8 Å². The van der Waals surface area contributed by atoms with Gasteiger partial charge in [-0.1, -0.05) is 18.2 Å². The number of carbonyl (C=O) groups is 1. The number of rotatable bonds is 2. The highest BCUT2D eigenvalue weighted by Gasteiger charge is 2.14. The zero-order valence-corrected chi connectivity index (χ0v) is 11.2. The SMILES string of the molecule is Cc1ccc(C(=O)c2cc(N)c3ccccc3n2)s1. The number of aryl methyl sites for hydroxylation is 1. The van der Waals surface area contributed by atoms with Crippen molar-refractivity contribution in [3.05, 3.63) is 57.9 Å². The second-order valence-corrected chi connectivity index (χ2v) is 5.64. The third-order valence-corrected chi connectivity index (χ3v) is 3.94. The molecule has 0 amide bonds. The Morgan fingerprint density at radius 1 is 1.21 bits per heavy atom. The van der Waals surface area contributed by atoms with Gasteiger partial charge in [-0.15, -0.1) is 11.3 Å². The molecule has 2 heterocycles. The van der Waals surface area contributed by atoms with Crippen molar-refractivity contribution in [1.29, 1.82) is 0 Å². The average Bonchev–Trinajstić information content (AvgIpc) is 2.84. The molecule has 0 spiro atoms. The molecule has 0 aliphatic rings. The van der Waals surface area contributed by atoms with E-state index in [-0.39, 0.29) is 5.78 Å². The van der Waals surface area contributed by atoms with Crippen molar-refractivity contribution >= 4 is 33.7 Å². The predicted octanol–water partition coefficient (Wildman–Crippen LogP) is 3.42. The highest BCUT2D eigenvalue weighted by atomic mass is 32.1. The number of hydrogen-bond donors (Lipinski definition) is 1. The molecule has 0 aliphatic heterocycles. The van der Waals surface area contributed by atoms with Crippen molar-refractivity contribution in [2.24, 2.45) is 0 Å². The molecule has 94 valence electrons. The topological polar surface area (TPSA) is 56.0 Å². The molecule has 0 saturated heterocycles. The summed E-state index contributed by atoms with van der Waals surface area (Å²) in [5.74, 6) is -0.0736. The van der Waals surface area contributed by atoms with Crippen LogP contribution in [-0.2, 0) is 0 Å². The summed E-state index contributed by atoms with van der Waals surface area (Å²) in [6, 6.07) is 13.0. The molecule has 0 unspecified atom stereocenters. The fourth-order valence-corrected chi connectivity index (χ4v) is 2.82. The number of benzene rings is 1. The summed E-state index contributed by atoms with van der Waals surface area (Å²) in [7, 11) is 0. The van der Waals surface area contributed by atoms with Crippen LogP contribution in [0.4, 0.5) is 5.69 Å². The van der Waals surface area contributed by atoms with E-state index in [1.807, 2.05) is 43.3 Å². The summed E-state index contributed by atoms with van der Waals surface area (Å²) >= 11 is 1.47. The highest BCUT2D eigenvalue weighted by Crippen LogP contribution is 2.23. The molecule has 0 radical (unpaired) electrons. The van der Waals surface area contributed by atoms with Gasteiger partial charge in [0.05, 0.1) is 10.4 Å². The Hall–Kier alpha value is -2.20. The molecule has 2 N–H and O–H groups in total. The number of para-hydroxylation sites is 1. The molecule has 0 bridgehead atoms. The summed E-state index contributed by atoms with van der Waals surface area (Å²) in [4.78, 5) is 18.5. The van der Waals surface area contributed by atoms with Gasteiger partial charge in [0.2, 0.25) is 5.78 Å². The van der Waals surface area contributed by atoms with E-state index in [2.05, 4.69) is 4.98 Å². The van der Waals surface area contributed by atoms with Crippen LogP contribution < -0.4 is 5.73 Å². The number of nitrogen functional groups attached to an aromatic ring is 1. The van der Waals surface area contributed by atoms with E-state index in [4.69, 9.17) is 5.73 Å². The summed E-state index contributed by atoms with van der Waals surface area (Å²) < 4.78 is 0. The van der Waals surface area contributed by atoms with Crippen molar-refractivity contribution in [2.45, 2.75) is 6.92 Å². The van der Waals surface area contributed by atoms with E-state index >= 15 is 0 Å². The van der Waals surface area contributed by atoms with E-state index in [1.165, 1.54) is 11.3 Å². The minimum atomic E-state index is -0.0736. The molecular formula is C15H12N2OS. The van der Waals surface area contributed by atoms with Gasteiger partial charge < -0.3 is 5.73 Å². The van der Waals surface area contributed by atoms with Crippen molar-refractivity contribution in [3.63, 3.8) is 0 Å². The van der Waals surface area contributed by atoms with Gasteiger partial charge in [-0.2, -0.15) is 0 Å². The van der Waals surface area contributed by atoms with Crippen LogP contribution in [0.25, 0.3) is 10.9 Å². The second-order valence-electron chi connectivity index (χ2n) is 4.35. The first kappa shape index (κ1) is 11.9. The van der Waals surface area contributed by atoms with Gasteiger partial charge in [0.25, 0.3) is 0 Å². The number of anilines is 1. The number of pyridine rings is 1. The smallest absolute Gasteiger partial charge is 0.221 e. The van der Waals surface area contributed by atoms with Gasteiger partial charge in [-0.3, -0.25) is 4.79 Å². The van der Waals surface area contributed by atoms with Crippen LogP contribution in [0.2, 0.25) is 0 Å². The van der Waals surface area contributed by atoms with Gasteiger partial charge in [-0.25, -0.2) is 4.98 Å². The monoisotopic (exact) mass is 268 g/mol. The number of hydrogen-bond acceptors (Lipinski definition) is 4. The summed E-state index contributed by atoms with van der Waals surface area (Å²) in [6.45, 7) is 1.98. The zero-order valence-electron chi connectivity index (χ0n) is 10.4. The van der Waals surface area contributed by atoms with Crippen LogP contribution in [0, 0.1) is 6.92 Å². The molecule has 19 heavy (non-hydrogen) atoms. The average molecular weight is 268 g/mol. The Bertz CT molecular complexity index is 777. The fraction of sp³-hybridized carbons (Fsp3) is 0.0667. The molecule has 0 saturated carbocycles. The number of aromatic nitrogens is 1. The fourth-order valence-electron chi connectivity index (χ4n) is 2.00. The van der Waals surface area contributed by atoms with Crippen molar-refractivity contribution in [2.75, 3.05) is 5.73 Å². The maximum absolute atomic E-state index is 12.3. The van der Waals surface area contributed by atoms with Gasteiger partial charge in [-0.05, 0) is 31.2 Å². The van der Waals surface area contributed by atoms with Crippen molar-refractivity contribution in [3.8, 4) is 0 Å². The van der Waals surface area contributed by atoms with E-state index in [9.17, 15) is 4.79 Å². The Kier molecular flexibility index (Phi) is 2.80. The number of fused-ring (bicyclic) bond motifs is 1. The molecule has 0 atom stereocenters. The van der Waals surface area contributed by atoms with Crippen molar-refractivity contribution in [1.82, 2.24) is 4.98 Å². The van der Waals surface area contributed by atoms with E-state index in [0.29, 0.717) is 16.3 Å². The number of nitrogens with zero attached hydrogens (tertiary/aromatic N) is 1. The van der Waals surface area contributed by atoms with Gasteiger partial charge in [0, 0.05) is 16.0 Å². The Balaban J connectivity index is 2.13. The van der Waals surface area contributed by atoms with Gasteiger partial charge in [0.15, 0.2) is 0 Å². The first-order valence-electron chi connectivity index (χ1n) is 5.91. The first-order valence-corrected chi connectivity index (χ1v) is 6.73. The van der Waals surface area contributed by atoms with Crippen LogP contribution in [-0.4, -0.2) is 10.8 Å². The largest absolute Gasteiger partial charge is 0.398 e. The van der Waals surface area contributed by atoms with E-state index in [1.54, 1.807) is 6.07 Å². The predicted molar refractivity (Wildman–Crippen MR) is 78.6 cm³/mol.